The third-order valence-corrected chi connectivity index (χ3v) is 15.3. The molecule has 2 aliphatic carbocycles. The maximum absolute atomic E-state index is 13.1. The number of epoxide rings is 2. The maximum atomic E-state index is 13.1. The van der Waals surface area contributed by atoms with Gasteiger partial charge in [-0.25, -0.2) is 0 Å². The second-order valence-electron chi connectivity index (χ2n) is 21.1. The van der Waals surface area contributed by atoms with E-state index >= 15 is 0 Å². The molecule has 0 bridgehead atoms. The van der Waals surface area contributed by atoms with Gasteiger partial charge in [0.1, 0.15) is 0 Å². The highest BCUT2D eigenvalue weighted by atomic mass is 16.6. The minimum atomic E-state index is -0.451. The van der Waals surface area contributed by atoms with Crippen LogP contribution in [0.15, 0.2) is 0 Å². The van der Waals surface area contributed by atoms with E-state index in [-0.39, 0.29) is 48.3 Å². The van der Waals surface area contributed by atoms with Gasteiger partial charge in [-0.1, -0.05) is 213 Å². The van der Waals surface area contributed by atoms with E-state index in [9.17, 15) is 19.2 Å². The van der Waals surface area contributed by atoms with Crippen LogP contribution in [0.1, 0.15) is 264 Å². The first-order chi connectivity index (χ1) is 32.9. The lowest BCUT2D eigenvalue weighted by molar-refractivity contribution is -0.162. The van der Waals surface area contributed by atoms with Crippen molar-refractivity contribution in [2.45, 2.75) is 289 Å². The van der Waals surface area contributed by atoms with Crippen molar-refractivity contribution in [3.05, 3.63) is 0 Å². The first-order valence-electron chi connectivity index (χ1n) is 28.9. The summed E-state index contributed by atoms with van der Waals surface area (Å²) in [5, 5.41) is 0. The molecule has 388 valence electrons. The standard InChI is InChI=1S/C57H100O10/c1-3-5-7-9-11-13-18-22-26-30-34-38-62-54(58)46-42-50-52(66-50)44-48(46)56(60)64-40-36-32-28-24-20-16-15-17-21-25-29-33-37-41-65-57(61)49-45-53-51(67-53)43-47(49)55(59)63-39-35-31-27-23-19-14-12-10-8-6-4-2/h46-53H,3-45H2,1-2H3. The summed E-state index contributed by atoms with van der Waals surface area (Å²) in [6.45, 7) is 6.22. The van der Waals surface area contributed by atoms with E-state index in [2.05, 4.69) is 13.8 Å². The zero-order valence-corrected chi connectivity index (χ0v) is 43.1. The molecule has 4 fully saturated rings. The minimum absolute atomic E-state index is 0.0913. The summed E-state index contributed by atoms with van der Waals surface area (Å²) in [7, 11) is 0. The number of carbonyl (C=O) groups is 4. The molecule has 8 unspecified atom stereocenters. The van der Waals surface area contributed by atoms with Gasteiger partial charge in [0.15, 0.2) is 0 Å². The average Bonchev–Trinajstić information content (AvgIpc) is 4.28. The summed E-state index contributed by atoms with van der Waals surface area (Å²) < 4.78 is 34.2. The molecular formula is C57H100O10. The highest BCUT2D eigenvalue weighted by Gasteiger charge is 2.54. The number of carbonyl (C=O) groups excluding carboxylic acids is 4. The molecule has 4 aliphatic rings. The predicted molar refractivity (Wildman–Crippen MR) is 267 cm³/mol. The first-order valence-corrected chi connectivity index (χ1v) is 28.9. The molecule has 10 nitrogen and oxygen atoms in total. The molecule has 0 spiro atoms. The summed E-state index contributed by atoms with van der Waals surface area (Å²) in [6, 6.07) is 0. The van der Waals surface area contributed by atoms with Crippen LogP contribution in [0.4, 0.5) is 0 Å². The van der Waals surface area contributed by atoms with Gasteiger partial charge in [0.25, 0.3) is 0 Å². The zero-order valence-electron chi connectivity index (χ0n) is 43.1. The second kappa shape index (κ2) is 36.7. The van der Waals surface area contributed by atoms with Crippen LogP contribution in [0.25, 0.3) is 0 Å². The van der Waals surface area contributed by atoms with Crippen molar-refractivity contribution in [3.8, 4) is 0 Å². The summed E-state index contributed by atoms with van der Waals surface area (Å²) in [5.41, 5.74) is 0. The fourth-order valence-corrected chi connectivity index (χ4v) is 10.7. The van der Waals surface area contributed by atoms with E-state index in [0.717, 1.165) is 64.2 Å². The van der Waals surface area contributed by atoms with Crippen molar-refractivity contribution >= 4 is 23.9 Å². The largest absolute Gasteiger partial charge is 0.465 e. The molecule has 0 amide bonds. The van der Waals surface area contributed by atoms with E-state index in [0.29, 0.717) is 52.1 Å². The van der Waals surface area contributed by atoms with Crippen molar-refractivity contribution in [3.63, 3.8) is 0 Å². The van der Waals surface area contributed by atoms with Gasteiger partial charge >= 0.3 is 23.9 Å². The maximum Gasteiger partial charge on any atom is 0.309 e. The van der Waals surface area contributed by atoms with Gasteiger partial charge < -0.3 is 28.4 Å². The monoisotopic (exact) mass is 945 g/mol. The van der Waals surface area contributed by atoms with Crippen LogP contribution in [0, 0.1) is 23.7 Å². The summed E-state index contributed by atoms with van der Waals surface area (Å²) >= 11 is 0. The van der Waals surface area contributed by atoms with E-state index in [1.165, 1.54) is 161 Å². The van der Waals surface area contributed by atoms with Crippen LogP contribution in [-0.4, -0.2) is 74.7 Å². The topological polar surface area (TPSA) is 130 Å². The lowest BCUT2D eigenvalue weighted by Gasteiger charge is -2.26. The number of hydrogen-bond donors (Lipinski definition) is 0. The van der Waals surface area contributed by atoms with Gasteiger partial charge in [0, 0.05) is 0 Å². The number of fused-ring (bicyclic) bond motifs is 2. The SMILES string of the molecule is CCCCCCCCCCCCCOC(=O)C1CC2OC2CC1C(=O)OCCCCCCCCCCCCCCCOC(=O)C1CC2OC2CC1C(=O)OCCCCCCCCCCCCC. The Balaban J connectivity index is 0.900. The first kappa shape index (κ1) is 57.4. The molecule has 0 aromatic rings. The summed E-state index contributed by atoms with van der Waals surface area (Å²) in [6.07, 6.45) is 45.0. The quantitative estimate of drug-likeness (QED) is 0.0252. The molecule has 0 aromatic heterocycles. The Kier molecular flexibility index (Phi) is 31.4. The van der Waals surface area contributed by atoms with Gasteiger partial charge in [-0.2, -0.15) is 0 Å². The normalized spacial score (nSPS) is 23.8. The van der Waals surface area contributed by atoms with E-state index < -0.39 is 23.7 Å². The lowest BCUT2D eigenvalue weighted by atomic mass is 9.79. The van der Waals surface area contributed by atoms with Gasteiger partial charge in [-0.05, 0) is 51.4 Å². The lowest BCUT2D eigenvalue weighted by Crippen LogP contribution is -2.37. The van der Waals surface area contributed by atoms with Crippen molar-refractivity contribution in [1.82, 2.24) is 0 Å². The van der Waals surface area contributed by atoms with Crippen LogP contribution >= 0.6 is 0 Å². The van der Waals surface area contributed by atoms with Crippen molar-refractivity contribution in [1.29, 1.82) is 0 Å². The molecule has 8 atom stereocenters. The molecule has 2 aliphatic heterocycles. The number of esters is 4. The Bertz CT molecular complexity index is 1210. The number of unbranched alkanes of at least 4 members (excludes halogenated alkanes) is 32. The Labute approximate surface area is 408 Å². The Morgan fingerprint density at radius 2 is 0.448 bits per heavy atom. The number of rotatable bonds is 44. The van der Waals surface area contributed by atoms with E-state index in [4.69, 9.17) is 28.4 Å². The summed E-state index contributed by atoms with van der Waals surface area (Å²) in [4.78, 5) is 52.2. The van der Waals surface area contributed by atoms with Crippen LogP contribution < -0.4 is 0 Å². The number of hydrogen-bond acceptors (Lipinski definition) is 10. The molecule has 67 heavy (non-hydrogen) atoms. The Hall–Kier alpha value is -2.20. The molecule has 10 heteroatoms. The third-order valence-electron chi connectivity index (χ3n) is 15.3. The summed E-state index contributed by atoms with van der Waals surface area (Å²) in [5.74, 6) is -2.81. The van der Waals surface area contributed by atoms with E-state index in [1.807, 2.05) is 0 Å². The van der Waals surface area contributed by atoms with Crippen LogP contribution in [-0.2, 0) is 47.6 Å². The van der Waals surface area contributed by atoms with Gasteiger partial charge in [-0.15, -0.1) is 0 Å². The van der Waals surface area contributed by atoms with Crippen molar-refractivity contribution in [2.24, 2.45) is 23.7 Å². The van der Waals surface area contributed by atoms with E-state index in [1.54, 1.807) is 0 Å². The van der Waals surface area contributed by atoms with Gasteiger partial charge in [0.2, 0.25) is 0 Å². The highest BCUT2D eigenvalue weighted by Crippen LogP contribution is 2.45. The molecule has 0 radical (unpaired) electrons. The third kappa shape index (κ3) is 25.5. The van der Waals surface area contributed by atoms with Gasteiger partial charge in [-0.3, -0.25) is 19.2 Å². The Morgan fingerprint density at radius 3 is 0.627 bits per heavy atom. The average molecular weight is 945 g/mol. The number of ether oxygens (including phenoxy) is 6. The zero-order chi connectivity index (χ0) is 47.6. The smallest absolute Gasteiger partial charge is 0.309 e. The van der Waals surface area contributed by atoms with Crippen LogP contribution in [0.5, 0.6) is 0 Å². The highest BCUT2D eigenvalue weighted by molar-refractivity contribution is 5.83. The van der Waals surface area contributed by atoms with Crippen molar-refractivity contribution < 1.29 is 47.6 Å². The van der Waals surface area contributed by atoms with Gasteiger partial charge in [0.05, 0.1) is 74.5 Å². The minimum Gasteiger partial charge on any atom is -0.465 e. The second-order valence-corrected chi connectivity index (χ2v) is 21.1. The molecule has 2 saturated heterocycles. The Morgan fingerprint density at radius 1 is 0.284 bits per heavy atom. The molecule has 0 aromatic carbocycles. The molecule has 0 N–H and O–H groups in total. The fraction of sp³-hybridized carbons (Fsp3) is 0.930. The fourth-order valence-electron chi connectivity index (χ4n) is 10.7. The molecule has 2 saturated carbocycles. The van der Waals surface area contributed by atoms with Crippen LogP contribution in [0.2, 0.25) is 0 Å². The van der Waals surface area contributed by atoms with Crippen molar-refractivity contribution in [2.75, 3.05) is 26.4 Å². The van der Waals surface area contributed by atoms with Crippen LogP contribution in [0.3, 0.4) is 0 Å². The predicted octanol–water partition coefficient (Wildman–Crippen LogP) is 14.4. The molecule has 4 rings (SSSR count). The molecule has 2 heterocycles. The molecular weight excluding hydrogens is 845 g/mol.